The number of hydrogen-bond donors (Lipinski definition) is 0. The fourth-order valence-corrected chi connectivity index (χ4v) is 8.22. The van der Waals surface area contributed by atoms with Gasteiger partial charge in [-0.1, -0.05) is 140 Å². The third-order valence-electron chi connectivity index (χ3n) is 9.59. The van der Waals surface area contributed by atoms with Crippen LogP contribution in [0.5, 0.6) is 0 Å². The van der Waals surface area contributed by atoms with Crippen molar-refractivity contribution in [2.45, 2.75) is 0 Å². The van der Waals surface area contributed by atoms with Gasteiger partial charge in [0.05, 0.1) is 10.4 Å². The first-order valence-corrected chi connectivity index (χ1v) is 18.3. The molecule has 0 N–H and O–H groups in total. The van der Waals surface area contributed by atoms with E-state index in [-0.39, 0.29) is 0 Å². The normalized spacial score (nSPS) is 11.4. The Morgan fingerprint density at radius 1 is 0.358 bits per heavy atom. The highest BCUT2D eigenvalue weighted by atomic mass is 32.1. The van der Waals surface area contributed by atoms with Gasteiger partial charge in [-0.15, -0.1) is 11.3 Å². The summed E-state index contributed by atoms with van der Waals surface area (Å²) < 4.78 is 2.41. The van der Waals surface area contributed by atoms with Crippen LogP contribution in [0.25, 0.3) is 98.9 Å². The van der Waals surface area contributed by atoms with E-state index in [1.54, 1.807) is 11.3 Å². The molecule has 0 aliphatic carbocycles. The van der Waals surface area contributed by atoms with Gasteiger partial charge in [0, 0.05) is 49.3 Å². The maximum Gasteiger partial charge on any atom is 0.164 e. The number of thiophene rings is 1. The molecular formula is C47H29N5S. The molecule has 0 spiro atoms. The summed E-state index contributed by atoms with van der Waals surface area (Å²) >= 11 is 1.79. The third-order valence-corrected chi connectivity index (χ3v) is 10.8. The van der Waals surface area contributed by atoms with Gasteiger partial charge >= 0.3 is 0 Å². The molecule has 0 unspecified atom stereocenters. The Morgan fingerprint density at radius 2 is 0.868 bits per heavy atom. The smallest absolute Gasteiger partial charge is 0.164 e. The Balaban J connectivity index is 1.07. The number of fused-ring (bicyclic) bond motifs is 5. The maximum atomic E-state index is 5.14. The van der Waals surface area contributed by atoms with E-state index in [1.165, 1.54) is 25.7 Å². The summed E-state index contributed by atoms with van der Waals surface area (Å²) in [6.45, 7) is 0. The van der Waals surface area contributed by atoms with Crippen molar-refractivity contribution in [3.63, 3.8) is 0 Å². The molecule has 0 fully saturated rings. The van der Waals surface area contributed by atoms with Gasteiger partial charge in [0.2, 0.25) is 0 Å². The molecule has 10 rings (SSSR count). The molecule has 6 heteroatoms. The standard InChI is InChI=1S/C47H29N5S/c1-3-12-30(13-4-1)31-23-25-33(26-24-31)45-50-44(32-14-5-2-6-15-32)51-46(52-45)37-19-10-17-35(29-37)34-16-9-18-36(28-34)42-43-41(38-20-7-8-22-40(38)53-43)39-21-11-27-48-47(39)49-42/h1-29H. The summed E-state index contributed by atoms with van der Waals surface area (Å²) in [7, 11) is 0. The van der Waals surface area contributed by atoms with Gasteiger partial charge in [0.1, 0.15) is 0 Å². The largest absolute Gasteiger partial charge is 0.237 e. The van der Waals surface area contributed by atoms with Crippen LogP contribution in [-0.2, 0) is 0 Å². The topological polar surface area (TPSA) is 64.5 Å². The third kappa shape index (κ3) is 5.72. The Labute approximate surface area is 310 Å². The van der Waals surface area contributed by atoms with Crippen molar-refractivity contribution in [1.82, 2.24) is 24.9 Å². The van der Waals surface area contributed by atoms with Crippen LogP contribution in [0.2, 0.25) is 0 Å². The van der Waals surface area contributed by atoms with Crippen molar-refractivity contribution < 1.29 is 0 Å². The van der Waals surface area contributed by atoms with Crippen molar-refractivity contribution in [3.8, 4) is 67.7 Å². The highest BCUT2D eigenvalue weighted by Crippen LogP contribution is 2.43. The zero-order chi connectivity index (χ0) is 35.1. The summed E-state index contributed by atoms with van der Waals surface area (Å²) in [6, 6.07) is 58.6. The van der Waals surface area contributed by atoms with E-state index < -0.39 is 0 Å². The van der Waals surface area contributed by atoms with Crippen molar-refractivity contribution in [1.29, 1.82) is 0 Å². The lowest BCUT2D eigenvalue weighted by Crippen LogP contribution is -2.00. The number of aromatic nitrogens is 5. The van der Waals surface area contributed by atoms with Gasteiger partial charge < -0.3 is 0 Å². The number of nitrogens with zero attached hydrogens (tertiary/aromatic N) is 5. The molecule has 4 aromatic heterocycles. The molecule has 4 heterocycles. The van der Waals surface area contributed by atoms with Crippen LogP contribution < -0.4 is 0 Å². The minimum absolute atomic E-state index is 0.619. The van der Waals surface area contributed by atoms with Crippen LogP contribution >= 0.6 is 11.3 Å². The lowest BCUT2D eigenvalue weighted by Gasteiger charge is -2.11. The number of pyridine rings is 2. The van der Waals surface area contributed by atoms with Gasteiger partial charge in [0.15, 0.2) is 23.1 Å². The highest BCUT2D eigenvalue weighted by molar-refractivity contribution is 7.26. The second-order valence-corrected chi connectivity index (χ2v) is 14.0. The van der Waals surface area contributed by atoms with Crippen molar-refractivity contribution in [3.05, 3.63) is 176 Å². The molecule has 10 aromatic rings. The van der Waals surface area contributed by atoms with E-state index in [0.717, 1.165) is 55.7 Å². The fraction of sp³-hybridized carbons (Fsp3) is 0. The fourth-order valence-electron chi connectivity index (χ4n) is 6.99. The number of hydrogen-bond acceptors (Lipinski definition) is 6. The van der Waals surface area contributed by atoms with Crippen LogP contribution in [0.4, 0.5) is 0 Å². The first kappa shape index (κ1) is 30.9. The predicted octanol–water partition coefficient (Wildman–Crippen LogP) is 12.2. The van der Waals surface area contributed by atoms with E-state index in [2.05, 4.69) is 132 Å². The molecule has 0 radical (unpaired) electrons. The SMILES string of the molecule is c1ccc(-c2ccc(-c3nc(-c4ccccc4)nc(-c4cccc(-c5cccc(-c6nc7ncccc7c7c6sc6ccccc67)c5)c4)n3)cc2)cc1. The molecule has 0 amide bonds. The Morgan fingerprint density at radius 3 is 1.60 bits per heavy atom. The summed E-state index contributed by atoms with van der Waals surface area (Å²) in [6.07, 6.45) is 1.82. The zero-order valence-corrected chi connectivity index (χ0v) is 29.2. The van der Waals surface area contributed by atoms with Crippen molar-refractivity contribution in [2.24, 2.45) is 0 Å². The molecule has 248 valence electrons. The predicted molar refractivity (Wildman–Crippen MR) is 218 cm³/mol. The quantitative estimate of drug-likeness (QED) is 0.173. The molecule has 6 aromatic carbocycles. The summed E-state index contributed by atoms with van der Waals surface area (Å²) in [5.74, 6) is 1.88. The maximum absolute atomic E-state index is 5.14. The van der Waals surface area contributed by atoms with Crippen molar-refractivity contribution in [2.75, 3.05) is 0 Å². The van der Waals surface area contributed by atoms with Crippen LogP contribution in [0, 0.1) is 0 Å². The Kier molecular flexibility index (Phi) is 7.59. The Bertz CT molecular complexity index is 2940. The lowest BCUT2D eigenvalue weighted by atomic mass is 9.98. The Hall–Kier alpha value is -6.89. The first-order valence-electron chi connectivity index (χ1n) is 17.5. The lowest BCUT2D eigenvalue weighted by molar-refractivity contribution is 1.07. The second kappa shape index (κ2) is 13.0. The molecule has 5 nitrogen and oxygen atoms in total. The molecule has 0 aliphatic rings. The monoisotopic (exact) mass is 695 g/mol. The van der Waals surface area contributed by atoms with Gasteiger partial charge in [0.25, 0.3) is 0 Å². The van der Waals surface area contributed by atoms with Crippen LogP contribution in [0.3, 0.4) is 0 Å². The van der Waals surface area contributed by atoms with E-state index in [1.807, 2.05) is 48.7 Å². The molecule has 0 saturated heterocycles. The average Bonchev–Trinajstić information content (AvgIpc) is 3.64. The molecule has 53 heavy (non-hydrogen) atoms. The molecular weight excluding hydrogens is 667 g/mol. The second-order valence-electron chi connectivity index (χ2n) is 12.9. The minimum atomic E-state index is 0.619. The van der Waals surface area contributed by atoms with E-state index in [0.29, 0.717) is 17.5 Å². The summed E-state index contributed by atoms with van der Waals surface area (Å²) in [5.41, 5.74) is 9.97. The minimum Gasteiger partial charge on any atom is -0.237 e. The zero-order valence-electron chi connectivity index (χ0n) is 28.4. The molecule has 0 aliphatic heterocycles. The summed E-state index contributed by atoms with van der Waals surface area (Å²) in [4.78, 5) is 24.8. The van der Waals surface area contributed by atoms with E-state index in [4.69, 9.17) is 19.9 Å². The van der Waals surface area contributed by atoms with Crippen LogP contribution in [-0.4, -0.2) is 24.9 Å². The van der Waals surface area contributed by atoms with E-state index in [9.17, 15) is 0 Å². The van der Waals surface area contributed by atoms with E-state index >= 15 is 0 Å². The molecule has 0 bridgehead atoms. The van der Waals surface area contributed by atoms with Crippen LogP contribution in [0.1, 0.15) is 0 Å². The number of rotatable bonds is 6. The highest BCUT2D eigenvalue weighted by Gasteiger charge is 2.18. The van der Waals surface area contributed by atoms with Crippen LogP contribution in [0.15, 0.2) is 176 Å². The molecule has 0 saturated carbocycles. The van der Waals surface area contributed by atoms with Gasteiger partial charge in [-0.05, 0) is 52.6 Å². The number of benzene rings is 6. The molecule has 0 atom stereocenters. The van der Waals surface area contributed by atoms with Gasteiger partial charge in [-0.25, -0.2) is 24.9 Å². The first-order chi connectivity index (χ1) is 26.2. The van der Waals surface area contributed by atoms with Crippen molar-refractivity contribution >= 4 is 42.5 Å². The average molecular weight is 696 g/mol. The van der Waals surface area contributed by atoms with Gasteiger partial charge in [-0.3, -0.25) is 0 Å². The summed E-state index contributed by atoms with van der Waals surface area (Å²) in [5, 5.41) is 3.52. The van der Waals surface area contributed by atoms with Gasteiger partial charge in [-0.2, -0.15) is 0 Å².